The van der Waals surface area contributed by atoms with Crippen LogP contribution in [0.1, 0.15) is 25.8 Å². The Morgan fingerprint density at radius 1 is 1.37 bits per heavy atom. The Balaban J connectivity index is 2.63. The molecule has 19 heavy (non-hydrogen) atoms. The average Bonchev–Trinajstić information content (AvgIpc) is 2.39. The Bertz CT molecular complexity index is 402. The van der Waals surface area contributed by atoms with Crippen molar-refractivity contribution in [1.82, 2.24) is 5.32 Å². The molecule has 3 heteroatoms. The highest BCUT2D eigenvalue weighted by Gasteiger charge is 2.22. The third-order valence-electron chi connectivity index (χ3n) is 3.44. The minimum Gasteiger partial charge on any atom is -0.480 e. The molecule has 0 radical (unpaired) electrons. The topological polar surface area (TPSA) is 49.3 Å². The molecule has 104 valence electrons. The number of hydrogen-bond acceptors (Lipinski definition) is 2. The molecule has 0 heterocycles. The molecule has 0 aliphatic rings. The van der Waals surface area contributed by atoms with Crippen LogP contribution in [0.2, 0.25) is 0 Å². The normalized spacial score (nSPS) is 15.5. The van der Waals surface area contributed by atoms with Crippen molar-refractivity contribution in [2.45, 2.75) is 38.8 Å². The lowest BCUT2D eigenvalue weighted by atomic mass is 9.97. The lowest BCUT2D eigenvalue weighted by Crippen LogP contribution is -2.45. The van der Waals surface area contributed by atoms with Crippen molar-refractivity contribution in [2.24, 2.45) is 5.92 Å². The first kappa shape index (κ1) is 15.4. The molecule has 1 rings (SSSR count). The highest BCUT2D eigenvalue weighted by molar-refractivity contribution is 5.74. The Morgan fingerprint density at radius 3 is 2.53 bits per heavy atom. The third kappa shape index (κ3) is 5.26. The van der Waals surface area contributed by atoms with Gasteiger partial charge in [-0.3, -0.25) is 4.79 Å². The largest absolute Gasteiger partial charge is 0.480 e. The minimum absolute atomic E-state index is 0.141. The summed E-state index contributed by atoms with van der Waals surface area (Å²) in [5.41, 5.74) is 1.03. The second-order valence-corrected chi connectivity index (χ2v) is 5.04. The van der Waals surface area contributed by atoms with Crippen molar-refractivity contribution < 1.29 is 9.90 Å². The van der Waals surface area contributed by atoms with Crippen LogP contribution in [0.25, 0.3) is 0 Å². The van der Waals surface area contributed by atoms with Gasteiger partial charge in [0.1, 0.15) is 6.04 Å². The molecule has 2 N–H and O–H groups in total. The zero-order chi connectivity index (χ0) is 14.3. The number of nitrogens with one attached hydrogen (secondary N) is 1. The Hall–Kier alpha value is -1.61. The molecule has 1 aromatic carbocycles. The van der Waals surface area contributed by atoms with E-state index >= 15 is 0 Å². The van der Waals surface area contributed by atoms with E-state index in [0.29, 0.717) is 12.3 Å². The van der Waals surface area contributed by atoms with E-state index in [1.54, 1.807) is 0 Å². The molecular weight excluding hydrogens is 238 g/mol. The molecule has 0 spiro atoms. The second kappa shape index (κ2) is 7.74. The maximum absolute atomic E-state index is 11.3. The van der Waals surface area contributed by atoms with Crippen molar-refractivity contribution in [2.75, 3.05) is 0 Å². The average molecular weight is 261 g/mol. The Kier molecular flexibility index (Phi) is 6.30. The fraction of sp³-hybridized carbons (Fsp3) is 0.438. The minimum atomic E-state index is -0.804. The zero-order valence-electron chi connectivity index (χ0n) is 11.7. The van der Waals surface area contributed by atoms with Crippen LogP contribution in [-0.2, 0) is 11.2 Å². The van der Waals surface area contributed by atoms with Gasteiger partial charge in [0.15, 0.2) is 0 Å². The van der Waals surface area contributed by atoms with Gasteiger partial charge in [-0.1, -0.05) is 43.3 Å². The van der Waals surface area contributed by atoms with E-state index in [1.165, 1.54) is 0 Å². The lowest BCUT2D eigenvalue weighted by Gasteiger charge is -2.24. The highest BCUT2D eigenvalue weighted by Crippen LogP contribution is 2.11. The summed E-state index contributed by atoms with van der Waals surface area (Å²) in [6.07, 6.45) is 3.25. The lowest BCUT2D eigenvalue weighted by molar-refractivity contribution is -0.139. The molecule has 0 saturated heterocycles. The Labute approximate surface area is 115 Å². The molecular formula is C16H23NO2. The molecule has 0 saturated carbocycles. The molecule has 0 aromatic heterocycles. The monoisotopic (exact) mass is 261 g/mol. The predicted octanol–water partition coefficient (Wildman–Crippen LogP) is 2.87. The number of allylic oxidation sites excluding steroid dienone is 1. The summed E-state index contributed by atoms with van der Waals surface area (Å²) >= 11 is 0. The molecule has 0 aliphatic heterocycles. The smallest absolute Gasteiger partial charge is 0.321 e. The molecule has 3 nitrogen and oxygen atoms in total. The molecule has 0 amide bonds. The maximum atomic E-state index is 11.3. The van der Waals surface area contributed by atoms with Crippen LogP contribution in [0.4, 0.5) is 0 Å². The van der Waals surface area contributed by atoms with E-state index in [2.05, 4.69) is 18.8 Å². The Morgan fingerprint density at radius 2 is 2.00 bits per heavy atom. The summed E-state index contributed by atoms with van der Waals surface area (Å²) < 4.78 is 0. The third-order valence-corrected chi connectivity index (χ3v) is 3.44. The maximum Gasteiger partial charge on any atom is 0.321 e. The molecule has 1 aromatic rings. The van der Waals surface area contributed by atoms with Crippen molar-refractivity contribution in [1.29, 1.82) is 0 Å². The molecule has 0 fully saturated rings. The summed E-state index contributed by atoms with van der Waals surface area (Å²) in [4.78, 5) is 11.3. The van der Waals surface area contributed by atoms with Crippen molar-refractivity contribution >= 4 is 5.97 Å². The summed E-state index contributed by atoms with van der Waals surface area (Å²) in [7, 11) is 0. The van der Waals surface area contributed by atoms with Gasteiger partial charge in [0.2, 0.25) is 0 Å². The summed E-state index contributed by atoms with van der Waals surface area (Å²) in [5, 5.41) is 12.5. The first-order chi connectivity index (χ1) is 9.04. The molecule has 2 unspecified atom stereocenters. The standard InChI is InChI=1S/C16H23NO2/c1-4-8-12(2)13(3)17-15(16(18)19)11-14-9-6-5-7-10-14/h4-7,9-10,12-13,15,17H,1,8,11H2,2-3H3,(H,18,19)/t12?,13?,15-/m1/s1. The van der Waals surface area contributed by atoms with Crippen LogP contribution in [-0.4, -0.2) is 23.2 Å². The van der Waals surface area contributed by atoms with Gasteiger partial charge in [0.25, 0.3) is 0 Å². The zero-order valence-corrected chi connectivity index (χ0v) is 11.7. The molecule has 3 atom stereocenters. The predicted molar refractivity (Wildman–Crippen MR) is 78.1 cm³/mol. The fourth-order valence-corrected chi connectivity index (χ4v) is 2.02. The number of carbonyl (C=O) groups is 1. The van der Waals surface area contributed by atoms with Crippen LogP contribution in [0.3, 0.4) is 0 Å². The van der Waals surface area contributed by atoms with E-state index in [1.807, 2.05) is 43.3 Å². The number of carboxylic acid groups (broad SMARTS) is 1. The quantitative estimate of drug-likeness (QED) is 0.707. The second-order valence-electron chi connectivity index (χ2n) is 5.04. The van der Waals surface area contributed by atoms with Crippen LogP contribution in [0.5, 0.6) is 0 Å². The fourth-order valence-electron chi connectivity index (χ4n) is 2.02. The van der Waals surface area contributed by atoms with Crippen molar-refractivity contribution in [3.63, 3.8) is 0 Å². The number of hydrogen-bond donors (Lipinski definition) is 2. The summed E-state index contributed by atoms with van der Waals surface area (Å²) in [6.45, 7) is 7.84. The van der Waals surface area contributed by atoms with E-state index < -0.39 is 12.0 Å². The first-order valence-electron chi connectivity index (χ1n) is 6.68. The van der Waals surface area contributed by atoms with Gasteiger partial charge >= 0.3 is 5.97 Å². The molecule has 0 aliphatic carbocycles. The van der Waals surface area contributed by atoms with Gasteiger partial charge in [-0.2, -0.15) is 0 Å². The molecule has 0 bridgehead atoms. The van der Waals surface area contributed by atoms with Gasteiger partial charge < -0.3 is 10.4 Å². The number of aliphatic carboxylic acids is 1. The van der Waals surface area contributed by atoms with Crippen LogP contribution < -0.4 is 5.32 Å². The highest BCUT2D eigenvalue weighted by atomic mass is 16.4. The number of benzene rings is 1. The van der Waals surface area contributed by atoms with Gasteiger partial charge in [0, 0.05) is 6.04 Å². The summed E-state index contributed by atoms with van der Waals surface area (Å²) in [6, 6.07) is 9.29. The van der Waals surface area contributed by atoms with E-state index in [4.69, 9.17) is 0 Å². The van der Waals surface area contributed by atoms with E-state index in [-0.39, 0.29) is 6.04 Å². The van der Waals surface area contributed by atoms with Gasteiger partial charge in [-0.15, -0.1) is 6.58 Å². The SMILES string of the molecule is C=CCC(C)C(C)N[C@H](Cc1ccccc1)C(=O)O. The van der Waals surface area contributed by atoms with Crippen molar-refractivity contribution in [3.8, 4) is 0 Å². The van der Waals surface area contributed by atoms with Crippen molar-refractivity contribution in [3.05, 3.63) is 48.6 Å². The number of carboxylic acids is 1. The first-order valence-corrected chi connectivity index (χ1v) is 6.68. The van der Waals surface area contributed by atoms with Crippen LogP contribution >= 0.6 is 0 Å². The summed E-state index contributed by atoms with van der Waals surface area (Å²) in [5.74, 6) is -0.434. The van der Waals surface area contributed by atoms with E-state index in [9.17, 15) is 9.90 Å². The van der Waals surface area contributed by atoms with Gasteiger partial charge in [-0.25, -0.2) is 0 Å². The van der Waals surface area contributed by atoms with Crippen LogP contribution in [0, 0.1) is 5.92 Å². The van der Waals surface area contributed by atoms with Crippen LogP contribution in [0.15, 0.2) is 43.0 Å². The number of rotatable bonds is 8. The van der Waals surface area contributed by atoms with Gasteiger partial charge in [-0.05, 0) is 31.2 Å². The van der Waals surface area contributed by atoms with E-state index in [0.717, 1.165) is 12.0 Å². The van der Waals surface area contributed by atoms with Gasteiger partial charge in [0.05, 0.1) is 0 Å².